The Morgan fingerprint density at radius 1 is 1.25 bits per heavy atom. The highest BCUT2D eigenvalue weighted by Gasteiger charge is 2.01. The number of rotatable bonds is 3. The van der Waals surface area contributed by atoms with Crippen LogP contribution < -0.4 is 0 Å². The van der Waals surface area contributed by atoms with Crippen LogP contribution in [0.15, 0.2) is 42.7 Å². The molecule has 1 atom stereocenters. The van der Waals surface area contributed by atoms with Gasteiger partial charge in [0.25, 0.3) is 0 Å². The summed E-state index contributed by atoms with van der Waals surface area (Å²) in [4.78, 5) is 0. The maximum absolute atomic E-state index is 5.40. The number of hydrogen-bond acceptors (Lipinski definition) is 1. The van der Waals surface area contributed by atoms with Gasteiger partial charge >= 0.3 is 0 Å². The third kappa shape index (κ3) is 2.42. The lowest BCUT2D eigenvalue weighted by Crippen LogP contribution is -1.93. The van der Waals surface area contributed by atoms with E-state index in [1.807, 2.05) is 38.1 Å². The molecule has 0 aliphatic carbocycles. The van der Waals surface area contributed by atoms with Crippen LogP contribution in [0.3, 0.4) is 0 Å². The molecule has 0 radical (unpaired) electrons. The summed E-state index contributed by atoms with van der Waals surface area (Å²) in [6.07, 6.45) is 3.75. The Bertz CT molecular complexity index is 238. The van der Waals surface area contributed by atoms with E-state index in [4.69, 9.17) is 4.74 Å². The predicted octanol–water partition coefficient (Wildman–Crippen LogP) is 3.30. The smallest absolute Gasteiger partial charge is 0.120 e. The van der Waals surface area contributed by atoms with Gasteiger partial charge in [0.05, 0.1) is 6.26 Å². The molecule has 12 heavy (non-hydrogen) atoms. The molecule has 64 valence electrons. The zero-order valence-corrected chi connectivity index (χ0v) is 7.53. The van der Waals surface area contributed by atoms with E-state index in [-0.39, 0.29) is 6.10 Å². The van der Waals surface area contributed by atoms with Gasteiger partial charge in [-0.25, -0.2) is 0 Å². The fraction of sp³-hybridized carbons (Fsp3) is 0.273. The van der Waals surface area contributed by atoms with Crippen molar-refractivity contribution in [2.45, 2.75) is 20.0 Å². The van der Waals surface area contributed by atoms with Crippen LogP contribution in [0, 0.1) is 0 Å². The van der Waals surface area contributed by atoms with Crippen LogP contribution in [0.25, 0.3) is 0 Å². The average Bonchev–Trinajstić information content (AvgIpc) is 2.15. The van der Waals surface area contributed by atoms with Crippen molar-refractivity contribution in [1.82, 2.24) is 0 Å². The van der Waals surface area contributed by atoms with E-state index < -0.39 is 0 Å². The molecule has 1 heteroatoms. The Labute approximate surface area is 73.7 Å². The molecular weight excluding hydrogens is 148 g/mol. The molecule has 1 nitrogen and oxygen atoms in total. The molecule has 0 saturated heterocycles. The standard InChI is InChI=1S/C11H14O/c1-3-9-12-10(2)11-7-5-4-6-8-11/h3-10H,1-2H3/b9-3+. The Hall–Kier alpha value is -1.24. The highest BCUT2D eigenvalue weighted by Crippen LogP contribution is 2.15. The lowest BCUT2D eigenvalue weighted by atomic mass is 10.1. The maximum Gasteiger partial charge on any atom is 0.120 e. The van der Waals surface area contributed by atoms with Crippen molar-refractivity contribution >= 4 is 0 Å². The van der Waals surface area contributed by atoms with Crippen molar-refractivity contribution in [2.75, 3.05) is 0 Å². The normalized spacial score (nSPS) is 13.2. The predicted molar refractivity (Wildman–Crippen MR) is 50.8 cm³/mol. The van der Waals surface area contributed by atoms with Crippen molar-refractivity contribution < 1.29 is 4.74 Å². The Kier molecular flexibility index (Phi) is 3.39. The van der Waals surface area contributed by atoms with Crippen LogP contribution in [0.1, 0.15) is 25.5 Å². The van der Waals surface area contributed by atoms with Gasteiger partial charge in [0.1, 0.15) is 6.10 Å². The molecule has 0 bridgehead atoms. The molecule has 1 rings (SSSR count). The number of allylic oxidation sites excluding steroid dienone is 1. The second kappa shape index (κ2) is 4.60. The van der Waals surface area contributed by atoms with Crippen molar-refractivity contribution in [2.24, 2.45) is 0 Å². The lowest BCUT2D eigenvalue weighted by molar-refractivity contribution is 0.164. The van der Waals surface area contributed by atoms with E-state index in [0.717, 1.165) is 0 Å². The second-order valence-corrected chi connectivity index (χ2v) is 2.66. The maximum atomic E-state index is 5.40. The SMILES string of the molecule is C/C=C/OC(C)c1ccccc1. The first-order valence-electron chi connectivity index (χ1n) is 4.16. The van der Waals surface area contributed by atoms with Gasteiger partial charge in [-0.05, 0) is 19.4 Å². The number of benzene rings is 1. The molecule has 0 amide bonds. The Morgan fingerprint density at radius 2 is 1.92 bits per heavy atom. The van der Waals surface area contributed by atoms with Crippen molar-refractivity contribution in [3.05, 3.63) is 48.2 Å². The van der Waals surface area contributed by atoms with Crippen LogP contribution in [0.5, 0.6) is 0 Å². The minimum Gasteiger partial charge on any atom is -0.494 e. The fourth-order valence-corrected chi connectivity index (χ4v) is 0.999. The highest BCUT2D eigenvalue weighted by atomic mass is 16.5. The van der Waals surface area contributed by atoms with Gasteiger partial charge in [-0.2, -0.15) is 0 Å². The quantitative estimate of drug-likeness (QED) is 0.619. The van der Waals surface area contributed by atoms with E-state index in [0.29, 0.717) is 0 Å². The first kappa shape index (κ1) is 8.85. The molecule has 0 heterocycles. The molecule has 0 N–H and O–H groups in total. The fourth-order valence-electron chi connectivity index (χ4n) is 0.999. The van der Waals surface area contributed by atoms with Crippen molar-refractivity contribution in [3.8, 4) is 0 Å². The van der Waals surface area contributed by atoms with Gasteiger partial charge < -0.3 is 4.74 Å². The van der Waals surface area contributed by atoms with Crippen LogP contribution in [0.4, 0.5) is 0 Å². The van der Waals surface area contributed by atoms with Gasteiger partial charge in [0.15, 0.2) is 0 Å². The summed E-state index contributed by atoms with van der Waals surface area (Å²) >= 11 is 0. The van der Waals surface area contributed by atoms with E-state index in [2.05, 4.69) is 12.1 Å². The van der Waals surface area contributed by atoms with Gasteiger partial charge in [-0.15, -0.1) is 0 Å². The largest absolute Gasteiger partial charge is 0.494 e. The lowest BCUT2D eigenvalue weighted by Gasteiger charge is -2.10. The molecular formula is C11H14O. The summed E-state index contributed by atoms with van der Waals surface area (Å²) in [5, 5.41) is 0. The summed E-state index contributed by atoms with van der Waals surface area (Å²) in [5.74, 6) is 0. The van der Waals surface area contributed by atoms with E-state index >= 15 is 0 Å². The van der Waals surface area contributed by atoms with Gasteiger partial charge in [0, 0.05) is 0 Å². The molecule has 0 spiro atoms. The molecule has 1 aromatic rings. The second-order valence-electron chi connectivity index (χ2n) is 2.66. The van der Waals surface area contributed by atoms with Crippen LogP contribution in [0.2, 0.25) is 0 Å². The zero-order chi connectivity index (χ0) is 8.81. The van der Waals surface area contributed by atoms with E-state index in [1.54, 1.807) is 6.26 Å². The van der Waals surface area contributed by atoms with Crippen LogP contribution >= 0.6 is 0 Å². The summed E-state index contributed by atoms with van der Waals surface area (Å²) in [7, 11) is 0. The molecule has 0 saturated carbocycles. The number of hydrogen-bond donors (Lipinski definition) is 0. The summed E-state index contributed by atoms with van der Waals surface area (Å²) in [6.45, 7) is 3.98. The van der Waals surface area contributed by atoms with Gasteiger partial charge in [-0.3, -0.25) is 0 Å². The number of ether oxygens (including phenoxy) is 1. The van der Waals surface area contributed by atoms with Gasteiger partial charge in [0.2, 0.25) is 0 Å². The van der Waals surface area contributed by atoms with E-state index in [1.165, 1.54) is 5.56 Å². The first-order chi connectivity index (χ1) is 5.84. The summed E-state index contributed by atoms with van der Waals surface area (Å²) in [5.41, 5.74) is 1.20. The van der Waals surface area contributed by atoms with Crippen LogP contribution in [-0.2, 0) is 4.74 Å². The Balaban J connectivity index is 2.59. The molecule has 0 aliphatic rings. The third-order valence-electron chi connectivity index (χ3n) is 1.69. The zero-order valence-electron chi connectivity index (χ0n) is 7.53. The monoisotopic (exact) mass is 162 g/mol. The minimum atomic E-state index is 0.141. The summed E-state index contributed by atoms with van der Waals surface area (Å²) < 4.78 is 5.40. The molecule has 0 aliphatic heterocycles. The Morgan fingerprint density at radius 3 is 2.50 bits per heavy atom. The topological polar surface area (TPSA) is 9.23 Å². The third-order valence-corrected chi connectivity index (χ3v) is 1.69. The first-order valence-corrected chi connectivity index (χ1v) is 4.16. The highest BCUT2D eigenvalue weighted by molar-refractivity contribution is 5.16. The molecule has 0 fully saturated rings. The van der Waals surface area contributed by atoms with Gasteiger partial charge in [-0.1, -0.05) is 36.4 Å². The molecule has 1 unspecified atom stereocenters. The minimum absolute atomic E-state index is 0.141. The van der Waals surface area contributed by atoms with Crippen molar-refractivity contribution in [3.63, 3.8) is 0 Å². The summed E-state index contributed by atoms with van der Waals surface area (Å²) in [6, 6.07) is 10.2. The van der Waals surface area contributed by atoms with Crippen LogP contribution in [-0.4, -0.2) is 0 Å². The van der Waals surface area contributed by atoms with Crippen molar-refractivity contribution in [1.29, 1.82) is 0 Å². The molecule has 1 aromatic carbocycles. The molecule has 0 aromatic heterocycles. The average molecular weight is 162 g/mol. The van der Waals surface area contributed by atoms with E-state index in [9.17, 15) is 0 Å².